The van der Waals surface area contributed by atoms with Gasteiger partial charge in [-0.25, -0.2) is 0 Å². The second-order valence-electron chi connectivity index (χ2n) is 5.16. The highest BCUT2D eigenvalue weighted by Crippen LogP contribution is 2.35. The number of non-ortho nitro benzene ring substituents is 1. The van der Waals surface area contributed by atoms with Crippen molar-refractivity contribution < 1.29 is 27.4 Å². The minimum atomic E-state index is -4.30. The van der Waals surface area contributed by atoms with E-state index in [1.54, 1.807) is 0 Å². The zero-order valence-corrected chi connectivity index (χ0v) is 12.5. The van der Waals surface area contributed by atoms with Gasteiger partial charge in [0.05, 0.1) is 15.9 Å². The van der Waals surface area contributed by atoms with Crippen molar-refractivity contribution in [2.24, 2.45) is 5.92 Å². The molecule has 0 heterocycles. The predicted molar refractivity (Wildman–Crippen MR) is 74.6 cm³/mol. The van der Waals surface area contributed by atoms with Gasteiger partial charge in [0.1, 0.15) is 0 Å². The van der Waals surface area contributed by atoms with Crippen molar-refractivity contribution >= 4 is 21.6 Å². The van der Waals surface area contributed by atoms with Crippen LogP contribution in [0, 0.1) is 16.0 Å². The number of hydrogen-bond acceptors (Lipinski definition) is 7. The molecule has 1 aliphatic carbocycles. The van der Waals surface area contributed by atoms with Gasteiger partial charge in [-0.1, -0.05) is 0 Å². The van der Waals surface area contributed by atoms with Crippen LogP contribution in [0.2, 0.25) is 0 Å². The van der Waals surface area contributed by atoms with Crippen molar-refractivity contribution in [1.29, 1.82) is 0 Å². The number of hydrogen-bond donors (Lipinski definition) is 1. The van der Waals surface area contributed by atoms with Crippen LogP contribution in [0.1, 0.15) is 19.8 Å². The van der Waals surface area contributed by atoms with Crippen LogP contribution >= 0.6 is 0 Å². The molecule has 2 rings (SSSR count). The molecule has 1 aromatic rings. The Morgan fingerprint density at radius 3 is 2.32 bits per heavy atom. The average Bonchev–Trinajstić information content (AvgIpc) is 3.28. The molecule has 0 bridgehead atoms. The molecule has 2 atom stereocenters. The van der Waals surface area contributed by atoms with Crippen molar-refractivity contribution in [3.05, 3.63) is 34.4 Å². The van der Waals surface area contributed by atoms with Gasteiger partial charge in [-0.15, -0.1) is 0 Å². The van der Waals surface area contributed by atoms with Crippen LogP contribution < -0.4 is 0 Å². The summed E-state index contributed by atoms with van der Waals surface area (Å²) in [7, 11) is -4.30. The summed E-state index contributed by atoms with van der Waals surface area (Å²) in [6.07, 6.45) is -1.21. The zero-order valence-electron chi connectivity index (χ0n) is 11.7. The number of nitro groups is 1. The van der Waals surface area contributed by atoms with Gasteiger partial charge >= 0.3 is 0 Å². The van der Waals surface area contributed by atoms with E-state index in [4.69, 9.17) is 4.18 Å². The third-order valence-electron chi connectivity index (χ3n) is 3.38. The number of nitrogens with zero attached hydrogens (tertiary/aromatic N) is 1. The number of aliphatic hydroxyl groups is 1. The maximum absolute atomic E-state index is 12.1. The summed E-state index contributed by atoms with van der Waals surface area (Å²) in [5, 5.41) is 20.5. The highest BCUT2D eigenvalue weighted by atomic mass is 32.2. The number of rotatable bonds is 7. The van der Waals surface area contributed by atoms with Crippen LogP contribution in [-0.4, -0.2) is 36.4 Å². The first-order valence-corrected chi connectivity index (χ1v) is 7.99. The summed E-state index contributed by atoms with van der Waals surface area (Å²) in [5.74, 6) is -0.731. The summed E-state index contributed by atoms with van der Waals surface area (Å²) in [6, 6.07) is 4.09. The first-order chi connectivity index (χ1) is 10.2. The molecule has 0 aliphatic heterocycles. The van der Waals surface area contributed by atoms with E-state index >= 15 is 0 Å². The monoisotopic (exact) mass is 329 g/mol. The minimum absolute atomic E-state index is 0.138. The van der Waals surface area contributed by atoms with E-state index in [-0.39, 0.29) is 16.5 Å². The Kier molecular flexibility index (Phi) is 4.59. The third kappa shape index (κ3) is 3.67. The van der Waals surface area contributed by atoms with Crippen molar-refractivity contribution in [1.82, 2.24) is 0 Å². The predicted octanol–water partition coefficient (Wildman–Crippen LogP) is 1.03. The fourth-order valence-corrected chi connectivity index (χ4v) is 3.08. The Balaban J connectivity index is 2.21. The fourth-order valence-electron chi connectivity index (χ4n) is 1.98. The molecular weight excluding hydrogens is 314 g/mol. The van der Waals surface area contributed by atoms with Gasteiger partial charge in [0.15, 0.2) is 11.9 Å². The highest BCUT2D eigenvalue weighted by molar-refractivity contribution is 7.86. The summed E-state index contributed by atoms with van der Waals surface area (Å²) < 4.78 is 29.1. The van der Waals surface area contributed by atoms with Crippen molar-refractivity contribution in [3.8, 4) is 0 Å². The Morgan fingerprint density at radius 2 is 1.91 bits per heavy atom. The number of benzene rings is 1. The largest absolute Gasteiger partial charge is 0.390 e. The number of nitro benzene ring substituents is 1. The van der Waals surface area contributed by atoms with Crippen LogP contribution in [0.4, 0.5) is 5.69 Å². The van der Waals surface area contributed by atoms with E-state index in [9.17, 15) is 28.4 Å². The highest BCUT2D eigenvalue weighted by Gasteiger charge is 2.40. The zero-order chi connectivity index (χ0) is 16.5. The lowest BCUT2D eigenvalue weighted by atomic mass is 10.1. The lowest BCUT2D eigenvalue weighted by Gasteiger charge is -2.20. The molecule has 1 fully saturated rings. The van der Waals surface area contributed by atoms with Crippen LogP contribution in [0.3, 0.4) is 0 Å². The van der Waals surface area contributed by atoms with Crippen LogP contribution in [0.15, 0.2) is 29.2 Å². The summed E-state index contributed by atoms with van der Waals surface area (Å²) in [5.41, 5.74) is -0.264. The van der Waals surface area contributed by atoms with Crippen LogP contribution in [-0.2, 0) is 19.1 Å². The van der Waals surface area contributed by atoms with Gasteiger partial charge in [0.25, 0.3) is 15.8 Å². The molecule has 9 heteroatoms. The third-order valence-corrected chi connectivity index (χ3v) is 4.69. The maximum Gasteiger partial charge on any atom is 0.297 e. The van der Waals surface area contributed by atoms with Crippen molar-refractivity contribution in [3.63, 3.8) is 0 Å². The molecule has 0 unspecified atom stereocenters. The van der Waals surface area contributed by atoms with Gasteiger partial charge in [-0.05, 0) is 37.8 Å². The van der Waals surface area contributed by atoms with Gasteiger partial charge in [0, 0.05) is 12.1 Å². The second-order valence-corrected chi connectivity index (χ2v) is 6.73. The Bertz CT molecular complexity index is 679. The number of ketones is 1. The number of carbonyl (C=O) groups excluding carboxylic acids is 1. The standard InChI is InChI=1S/C13H15NO7S/c1-8(15)13(12(16)9-2-3-9)21-22(19,20)11-6-4-10(5-7-11)14(17)18/h4-7,9,12-13,16H,2-3H2,1H3/t12-,13-/m1/s1. The molecule has 1 aromatic carbocycles. The van der Waals surface area contributed by atoms with E-state index in [1.807, 2.05) is 0 Å². The molecule has 0 aromatic heterocycles. The van der Waals surface area contributed by atoms with E-state index in [1.165, 1.54) is 0 Å². The molecule has 1 saturated carbocycles. The quantitative estimate of drug-likeness (QED) is 0.450. The topological polar surface area (TPSA) is 124 Å². The SMILES string of the molecule is CC(=O)[C@@H](OS(=O)(=O)c1ccc([N+](=O)[O-])cc1)[C@H](O)C1CC1. The maximum atomic E-state index is 12.1. The van der Waals surface area contributed by atoms with Crippen LogP contribution in [0.25, 0.3) is 0 Å². The van der Waals surface area contributed by atoms with E-state index in [0.29, 0.717) is 12.8 Å². The smallest absolute Gasteiger partial charge is 0.297 e. The van der Waals surface area contributed by atoms with E-state index in [0.717, 1.165) is 31.2 Å². The molecule has 0 amide bonds. The molecule has 8 nitrogen and oxygen atoms in total. The second kappa shape index (κ2) is 6.11. The Labute approximate surface area is 127 Å². The van der Waals surface area contributed by atoms with Gasteiger partial charge in [-0.2, -0.15) is 8.42 Å². The van der Waals surface area contributed by atoms with E-state index in [2.05, 4.69) is 0 Å². The molecule has 22 heavy (non-hydrogen) atoms. The van der Waals surface area contributed by atoms with Gasteiger partial charge in [0.2, 0.25) is 0 Å². The molecule has 0 radical (unpaired) electrons. The molecule has 1 N–H and O–H groups in total. The first-order valence-electron chi connectivity index (χ1n) is 6.58. The number of Topliss-reactive ketones (excluding diaryl/α,β-unsaturated/α-hetero) is 1. The van der Waals surface area contributed by atoms with Gasteiger partial charge < -0.3 is 5.11 Å². The summed E-state index contributed by atoms with van der Waals surface area (Å²) in [6.45, 7) is 1.14. The Hall–Kier alpha value is -1.84. The lowest BCUT2D eigenvalue weighted by molar-refractivity contribution is -0.384. The molecule has 0 saturated heterocycles. The van der Waals surface area contributed by atoms with Crippen LogP contribution in [0.5, 0.6) is 0 Å². The summed E-state index contributed by atoms with van der Waals surface area (Å²) in [4.78, 5) is 21.1. The molecular formula is C13H15NO7S. The number of aliphatic hydroxyl groups excluding tert-OH is 1. The normalized spacial score (nSPS) is 17.7. The average molecular weight is 329 g/mol. The van der Waals surface area contributed by atoms with Gasteiger partial charge in [-0.3, -0.25) is 19.1 Å². The van der Waals surface area contributed by atoms with Crippen molar-refractivity contribution in [2.45, 2.75) is 36.9 Å². The summed E-state index contributed by atoms with van der Waals surface area (Å²) >= 11 is 0. The van der Waals surface area contributed by atoms with E-state index < -0.39 is 33.0 Å². The molecule has 120 valence electrons. The fraction of sp³-hybridized carbons (Fsp3) is 0.462. The number of carbonyl (C=O) groups is 1. The molecule has 0 spiro atoms. The minimum Gasteiger partial charge on any atom is -0.390 e. The van der Waals surface area contributed by atoms with Crippen molar-refractivity contribution in [2.75, 3.05) is 0 Å². The first kappa shape index (κ1) is 16.5. The lowest BCUT2D eigenvalue weighted by Crippen LogP contribution is -2.38. The Morgan fingerprint density at radius 1 is 1.36 bits per heavy atom. The molecule has 1 aliphatic rings.